The Morgan fingerprint density at radius 3 is 2.32 bits per heavy atom. The first kappa shape index (κ1) is 18.0. The van der Waals surface area contributed by atoms with E-state index in [1.54, 1.807) is 6.92 Å². The predicted molar refractivity (Wildman–Crippen MR) is 90.6 cm³/mol. The molecule has 0 unspecified atom stereocenters. The standard InChI is InChI=1S/C19H26O3/c1-12(2)7-6-8-13(3)9-10-16-17(21)11-14(4)18(15(5)20)19(16)22/h7,9,11,21-22H,6,8,10H2,1-5H3/b13-9+. The van der Waals surface area contributed by atoms with Crippen LogP contribution in [0, 0.1) is 6.92 Å². The third-order valence-electron chi connectivity index (χ3n) is 3.68. The Morgan fingerprint density at radius 1 is 1.14 bits per heavy atom. The summed E-state index contributed by atoms with van der Waals surface area (Å²) in [4.78, 5) is 11.6. The van der Waals surface area contributed by atoms with E-state index in [2.05, 4.69) is 19.9 Å². The van der Waals surface area contributed by atoms with Crippen molar-refractivity contribution in [2.45, 2.75) is 53.9 Å². The fourth-order valence-electron chi connectivity index (χ4n) is 2.44. The summed E-state index contributed by atoms with van der Waals surface area (Å²) < 4.78 is 0. The van der Waals surface area contributed by atoms with Gasteiger partial charge < -0.3 is 10.2 Å². The van der Waals surface area contributed by atoms with E-state index in [0.29, 0.717) is 23.1 Å². The lowest BCUT2D eigenvalue weighted by atomic mass is 9.96. The first-order valence-electron chi connectivity index (χ1n) is 7.58. The van der Waals surface area contributed by atoms with Crippen LogP contribution in [0.1, 0.15) is 62.0 Å². The zero-order valence-corrected chi connectivity index (χ0v) is 14.2. The molecule has 1 aromatic rings. The molecule has 0 radical (unpaired) electrons. The Morgan fingerprint density at radius 2 is 1.77 bits per heavy atom. The summed E-state index contributed by atoms with van der Waals surface area (Å²) in [5, 5.41) is 20.3. The van der Waals surface area contributed by atoms with E-state index in [1.165, 1.54) is 24.1 Å². The Labute approximate surface area is 133 Å². The van der Waals surface area contributed by atoms with Crippen LogP contribution in [0.4, 0.5) is 0 Å². The third-order valence-corrected chi connectivity index (χ3v) is 3.68. The molecular weight excluding hydrogens is 276 g/mol. The van der Waals surface area contributed by atoms with Crippen molar-refractivity contribution in [3.63, 3.8) is 0 Å². The maximum atomic E-state index is 11.6. The number of benzene rings is 1. The van der Waals surface area contributed by atoms with Gasteiger partial charge in [-0.1, -0.05) is 23.3 Å². The largest absolute Gasteiger partial charge is 0.508 e. The number of allylic oxidation sites excluding steroid dienone is 4. The van der Waals surface area contributed by atoms with E-state index >= 15 is 0 Å². The molecule has 0 aliphatic heterocycles. The quantitative estimate of drug-likeness (QED) is 0.583. The summed E-state index contributed by atoms with van der Waals surface area (Å²) in [6, 6.07) is 1.54. The Bertz CT molecular complexity index is 618. The number of hydrogen-bond acceptors (Lipinski definition) is 3. The minimum absolute atomic E-state index is 0.0355. The lowest BCUT2D eigenvalue weighted by Crippen LogP contribution is -2.00. The summed E-state index contributed by atoms with van der Waals surface area (Å²) in [7, 11) is 0. The van der Waals surface area contributed by atoms with Gasteiger partial charge in [0.1, 0.15) is 11.5 Å². The smallest absolute Gasteiger partial charge is 0.163 e. The van der Waals surface area contributed by atoms with Crippen LogP contribution in [-0.2, 0) is 6.42 Å². The zero-order valence-electron chi connectivity index (χ0n) is 14.2. The van der Waals surface area contributed by atoms with Crippen LogP contribution in [0.2, 0.25) is 0 Å². The summed E-state index contributed by atoms with van der Waals surface area (Å²) >= 11 is 0. The van der Waals surface area contributed by atoms with Gasteiger partial charge in [0.15, 0.2) is 5.78 Å². The van der Waals surface area contributed by atoms with Crippen molar-refractivity contribution in [1.82, 2.24) is 0 Å². The molecule has 0 amide bonds. The molecule has 22 heavy (non-hydrogen) atoms. The highest BCUT2D eigenvalue weighted by atomic mass is 16.3. The SMILES string of the molecule is CC(=O)c1c(C)cc(O)c(C/C=C(\C)CCC=C(C)C)c1O. The molecule has 0 aromatic heterocycles. The van der Waals surface area contributed by atoms with Crippen LogP contribution in [0.5, 0.6) is 11.5 Å². The van der Waals surface area contributed by atoms with Crippen molar-refractivity contribution in [3.8, 4) is 11.5 Å². The highest BCUT2D eigenvalue weighted by Gasteiger charge is 2.17. The fraction of sp³-hybridized carbons (Fsp3) is 0.421. The van der Waals surface area contributed by atoms with Gasteiger partial charge >= 0.3 is 0 Å². The second kappa shape index (κ2) is 7.83. The van der Waals surface area contributed by atoms with E-state index in [1.807, 2.05) is 13.0 Å². The predicted octanol–water partition coefficient (Wildman–Crippen LogP) is 4.84. The topological polar surface area (TPSA) is 57.5 Å². The number of ketones is 1. The van der Waals surface area contributed by atoms with Crippen LogP contribution in [0.15, 0.2) is 29.4 Å². The average Bonchev–Trinajstić information content (AvgIpc) is 2.36. The van der Waals surface area contributed by atoms with E-state index in [4.69, 9.17) is 0 Å². The minimum Gasteiger partial charge on any atom is -0.508 e. The molecule has 0 aliphatic rings. The van der Waals surface area contributed by atoms with E-state index in [-0.39, 0.29) is 17.3 Å². The van der Waals surface area contributed by atoms with Gasteiger partial charge in [0.2, 0.25) is 0 Å². The van der Waals surface area contributed by atoms with Crippen LogP contribution in [0.3, 0.4) is 0 Å². The third kappa shape index (κ3) is 4.76. The maximum Gasteiger partial charge on any atom is 0.163 e. The molecular formula is C19H26O3. The molecule has 0 spiro atoms. The number of aryl methyl sites for hydroxylation is 1. The van der Waals surface area contributed by atoms with Gasteiger partial charge in [-0.15, -0.1) is 0 Å². The van der Waals surface area contributed by atoms with E-state index in [9.17, 15) is 15.0 Å². The summed E-state index contributed by atoms with van der Waals surface area (Å²) in [5.74, 6) is -0.257. The molecule has 0 atom stereocenters. The van der Waals surface area contributed by atoms with Crippen molar-refractivity contribution in [2.24, 2.45) is 0 Å². The fourth-order valence-corrected chi connectivity index (χ4v) is 2.44. The molecule has 0 fully saturated rings. The molecule has 2 N–H and O–H groups in total. The zero-order chi connectivity index (χ0) is 16.9. The molecule has 0 aliphatic carbocycles. The molecule has 0 saturated carbocycles. The lowest BCUT2D eigenvalue weighted by Gasteiger charge is -2.12. The normalized spacial score (nSPS) is 11.4. The number of hydrogen-bond donors (Lipinski definition) is 2. The van der Waals surface area contributed by atoms with Gasteiger partial charge in [-0.25, -0.2) is 0 Å². The molecule has 120 valence electrons. The number of rotatable bonds is 6. The average molecular weight is 302 g/mol. The molecule has 0 saturated heterocycles. The van der Waals surface area contributed by atoms with Crippen LogP contribution in [0.25, 0.3) is 0 Å². The summed E-state index contributed by atoms with van der Waals surface area (Å²) in [6.07, 6.45) is 6.52. The van der Waals surface area contributed by atoms with Gasteiger partial charge in [-0.3, -0.25) is 4.79 Å². The number of carbonyl (C=O) groups excluding carboxylic acids is 1. The van der Waals surface area contributed by atoms with E-state index in [0.717, 1.165) is 12.8 Å². The van der Waals surface area contributed by atoms with Crippen LogP contribution >= 0.6 is 0 Å². The molecule has 3 heteroatoms. The maximum absolute atomic E-state index is 11.6. The van der Waals surface area contributed by atoms with Crippen molar-refractivity contribution in [1.29, 1.82) is 0 Å². The molecule has 0 heterocycles. The van der Waals surface area contributed by atoms with Crippen LogP contribution in [-0.4, -0.2) is 16.0 Å². The van der Waals surface area contributed by atoms with Crippen LogP contribution < -0.4 is 0 Å². The van der Waals surface area contributed by atoms with Gasteiger partial charge in [0.05, 0.1) is 5.56 Å². The van der Waals surface area contributed by atoms with Crippen molar-refractivity contribution < 1.29 is 15.0 Å². The van der Waals surface area contributed by atoms with Crippen molar-refractivity contribution in [2.75, 3.05) is 0 Å². The monoisotopic (exact) mass is 302 g/mol. The van der Waals surface area contributed by atoms with Gasteiger partial charge in [0, 0.05) is 5.56 Å². The lowest BCUT2D eigenvalue weighted by molar-refractivity contribution is 0.101. The summed E-state index contributed by atoms with van der Waals surface area (Å²) in [6.45, 7) is 9.31. The molecule has 1 rings (SSSR count). The van der Waals surface area contributed by atoms with E-state index < -0.39 is 0 Å². The van der Waals surface area contributed by atoms with Gasteiger partial charge in [0.25, 0.3) is 0 Å². The Balaban J connectivity index is 2.96. The first-order valence-corrected chi connectivity index (χ1v) is 7.58. The molecule has 1 aromatic carbocycles. The van der Waals surface area contributed by atoms with Gasteiger partial charge in [-0.2, -0.15) is 0 Å². The number of carbonyl (C=O) groups is 1. The Hall–Kier alpha value is -2.03. The van der Waals surface area contributed by atoms with Crippen molar-refractivity contribution >= 4 is 5.78 Å². The Kier molecular flexibility index (Phi) is 6.41. The highest BCUT2D eigenvalue weighted by molar-refractivity contribution is 5.99. The van der Waals surface area contributed by atoms with Gasteiger partial charge in [-0.05, 0) is 65.5 Å². The van der Waals surface area contributed by atoms with Crippen molar-refractivity contribution in [3.05, 3.63) is 46.1 Å². The molecule has 0 bridgehead atoms. The summed E-state index contributed by atoms with van der Waals surface area (Å²) in [5.41, 5.74) is 3.80. The number of phenolic OH excluding ortho intramolecular Hbond substituents is 2. The molecule has 3 nitrogen and oxygen atoms in total. The second-order valence-electron chi connectivity index (χ2n) is 6.05. The number of phenols is 2. The number of aromatic hydroxyl groups is 2. The highest BCUT2D eigenvalue weighted by Crippen LogP contribution is 2.34. The second-order valence-corrected chi connectivity index (χ2v) is 6.05. The minimum atomic E-state index is -0.194. The number of Topliss-reactive ketones (excluding diaryl/α,β-unsaturated/α-hetero) is 1. The first-order chi connectivity index (χ1) is 10.2.